The molecule has 0 unspecified atom stereocenters. The van der Waals surface area contributed by atoms with Gasteiger partial charge in [-0.3, -0.25) is 19.3 Å². The number of imide groups is 1. The Bertz CT molecular complexity index is 1130. The Morgan fingerprint density at radius 3 is 2.14 bits per heavy atom. The second-order valence-electron chi connectivity index (χ2n) is 10.3. The molecule has 1 aromatic carbocycles. The molecule has 0 spiro atoms. The van der Waals surface area contributed by atoms with Crippen LogP contribution in [0.3, 0.4) is 0 Å². The highest BCUT2D eigenvalue weighted by Crippen LogP contribution is 2.31. The fraction of sp³-hybridized carbons (Fsp3) is 0.444. The van der Waals surface area contributed by atoms with Gasteiger partial charge in [-0.1, -0.05) is 32.0 Å². The predicted octanol–water partition coefficient (Wildman–Crippen LogP) is 2.75. The summed E-state index contributed by atoms with van der Waals surface area (Å²) in [6.45, 7) is 6.33. The maximum absolute atomic E-state index is 12.6. The van der Waals surface area contributed by atoms with Crippen molar-refractivity contribution in [3.8, 4) is 5.75 Å². The van der Waals surface area contributed by atoms with E-state index >= 15 is 0 Å². The number of hydrogen-bond acceptors (Lipinski definition) is 7. The first-order valence-electron chi connectivity index (χ1n) is 12.4. The average molecular weight is 509 g/mol. The molecule has 3 heterocycles. The second-order valence-corrected chi connectivity index (χ2v) is 10.3. The Morgan fingerprint density at radius 2 is 1.57 bits per heavy atom. The van der Waals surface area contributed by atoms with Gasteiger partial charge in [-0.15, -0.1) is 0 Å². The predicted molar refractivity (Wildman–Crippen MR) is 135 cm³/mol. The van der Waals surface area contributed by atoms with E-state index in [-0.39, 0.29) is 23.7 Å². The molecule has 1 N–H and O–H groups in total. The summed E-state index contributed by atoms with van der Waals surface area (Å²) in [4.78, 5) is 57.5. The van der Waals surface area contributed by atoms with Crippen LogP contribution in [0.15, 0.2) is 42.6 Å². The number of carbonyl (C=O) groups excluding carboxylic acids is 3. The van der Waals surface area contributed by atoms with Crippen LogP contribution in [0, 0.1) is 5.41 Å². The third-order valence-corrected chi connectivity index (χ3v) is 6.64. The number of aromatic nitrogens is 1. The van der Waals surface area contributed by atoms with Gasteiger partial charge < -0.3 is 19.6 Å². The first-order valence-corrected chi connectivity index (χ1v) is 12.4. The third kappa shape index (κ3) is 6.84. The number of aliphatic carboxylic acids is 1. The Balaban J connectivity index is 1.23. The van der Waals surface area contributed by atoms with E-state index in [9.17, 15) is 19.2 Å². The molecule has 2 fully saturated rings. The molecular formula is C27H32N4O6. The van der Waals surface area contributed by atoms with Crippen LogP contribution in [0.25, 0.3) is 0 Å². The van der Waals surface area contributed by atoms with E-state index < -0.39 is 12.1 Å². The van der Waals surface area contributed by atoms with Gasteiger partial charge in [0.2, 0.25) is 11.8 Å². The van der Waals surface area contributed by atoms with E-state index in [2.05, 4.69) is 4.98 Å². The first-order chi connectivity index (χ1) is 17.6. The number of carbonyl (C=O) groups is 4. The number of piperazine rings is 1. The lowest BCUT2D eigenvalue weighted by atomic mass is 9.81. The third-order valence-electron chi connectivity index (χ3n) is 6.64. The highest BCUT2D eigenvalue weighted by atomic mass is 16.6. The van der Waals surface area contributed by atoms with E-state index in [0.717, 1.165) is 11.4 Å². The zero-order chi connectivity index (χ0) is 26.6. The van der Waals surface area contributed by atoms with Crippen LogP contribution in [0.2, 0.25) is 0 Å². The summed E-state index contributed by atoms with van der Waals surface area (Å²) in [6.07, 6.45) is 2.36. The molecular weight excluding hydrogens is 476 g/mol. The van der Waals surface area contributed by atoms with Gasteiger partial charge in [0.15, 0.2) is 0 Å². The maximum Gasteiger partial charge on any atom is 0.415 e. The zero-order valence-corrected chi connectivity index (χ0v) is 21.2. The Labute approximate surface area is 215 Å². The molecule has 3 amide bonds. The summed E-state index contributed by atoms with van der Waals surface area (Å²) in [5, 5.41) is 8.88. The highest BCUT2D eigenvalue weighted by molar-refractivity contribution is 5.98. The van der Waals surface area contributed by atoms with Gasteiger partial charge in [-0.05, 0) is 41.2 Å². The molecule has 196 valence electrons. The lowest BCUT2D eigenvalue weighted by Crippen LogP contribution is -2.49. The highest BCUT2D eigenvalue weighted by Gasteiger charge is 2.37. The number of carboxylic acids is 1. The van der Waals surface area contributed by atoms with Crippen molar-refractivity contribution in [3.63, 3.8) is 0 Å². The summed E-state index contributed by atoms with van der Waals surface area (Å²) in [5.41, 5.74) is 1.30. The Kier molecular flexibility index (Phi) is 7.75. The van der Waals surface area contributed by atoms with Crippen molar-refractivity contribution in [2.45, 2.75) is 39.5 Å². The van der Waals surface area contributed by atoms with Crippen molar-refractivity contribution in [1.29, 1.82) is 0 Å². The molecule has 0 bridgehead atoms. The van der Waals surface area contributed by atoms with Gasteiger partial charge in [-0.2, -0.15) is 0 Å². The minimum absolute atomic E-state index is 0.0653. The number of hydrogen-bond donors (Lipinski definition) is 1. The minimum atomic E-state index is -0.897. The zero-order valence-electron chi connectivity index (χ0n) is 21.2. The number of ether oxygens (including phenoxy) is 1. The molecule has 0 atom stereocenters. The van der Waals surface area contributed by atoms with Gasteiger partial charge >= 0.3 is 12.1 Å². The molecule has 0 saturated carbocycles. The molecule has 2 aliphatic rings. The number of benzene rings is 1. The summed E-state index contributed by atoms with van der Waals surface area (Å²) in [5.74, 6) is 0.0230. The minimum Gasteiger partial charge on any atom is -0.481 e. The fourth-order valence-corrected chi connectivity index (χ4v) is 4.59. The van der Waals surface area contributed by atoms with Crippen molar-refractivity contribution in [2.75, 3.05) is 37.6 Å². The van der Waals surface area contributed by atoms with Crippen molar-refractivity contribution in [1.82, 2.24) is 14.8 Å². The van der Waals surface area contributed by atoms with Crippen molar-refractivity contribution < 1.29 is 29.0 Å². The molecule has 0 aliphatic carbocycles. The van der Waals surface area contributed by atoms with E-state index in [1.54, 1.807) is 35.4 Å². The smallest absolute Gasteiger partial charge is 0.415 e. The van der Waals surface area contributed by atoms with E-state index in [1.165, 1.54) is 4.90 Å². The topological polar surface area (TPSA) is 120 Å². The van der Waals surface area contributed by atoms with Crippen LogP contribution in [-0.4, -0.2) is 76.5 Å². The Morgan fingerprint density at radius 1 is 0.946 bits per heavy atom. The van der Waals surface area contributed by atoms with E-state index in [4.69, 9.17) is 9.84 Å². The van der Waals surface area contributed by atoms with Crippen LogP contribution >= 0.6 is 0 Å². The van der Waals surface area contributed by atoms with Crippen LogP contribution in [0.5, 0.6) is 5.75 Å². The number of nitrogens with zero attached hydrogens (tertiary/aromatic N) is 4. The summed E-state index contributed by atoms with van der Waals surface area (Å²) < 4.78 is 5.53. The number of pyridine rings is 1. The average Bonchev–Trinajstić information content (AvgIpc) is 2.84. The summed E-state index contributed by atoms with van der Waals surface area (Å²) in [6, 6.07) is 10.7. The van der Waals surface area contributed by atoms with Crippen LogP contribution < -0.4 is 9.64 Å². The molecule has 10 nitrogen and oxygen atoms in total. The summed E-state index contributed by atoms with van der Waals surface area (Å²) in [7, 11) is 0. The fourth-order valence-electron chi connectivity index (χ4n) is 4.59. The van der Waals surface area contributed by atoms with Gasteiger partial charge in [0.25, 0.3) is 0 Å². The maximum atomic E-state index is 12.6. The lowest BCUT2D eigenvalue weighted by Gasteiger charge is -2.34. The number of rotatable bonds is 7. The molecule has 2 aromatic rings. The molecule has 37 heavy (non-hydrogen) atoms. The number of anilines is 1. The number of likely N-dealkylation sites (tertiary alicyclic amines) is 1. The SMILES string of the molecule is CC1(C)CC(=O)N(CCc2ccc(OC(=O)N3CCN(c4ccc(CC(=O)O)cn4)CC3)cc2)C(=O)C1. The van der Waals surface area contributed by atoms with Crippen molar-refractivity contribution in [2.24, 2.45) is 5.41 Å². The van der Waals surface area contributed by atoms with Gasteiger partial charge in [0.05, 0.1) is 6.42 Å². The second kappa shape index (κ2) is 11.0. The first kappa shape index (κ1) is 26.1. The molecule has 4 rings (SSSR count). The monoisotopic (exact) mass is 508 g/mol. The molecule has 1 aromatic heterocycles. The molecule has 2 saturated heterocycles. The van der Waals surface area contributed by atoms with Crippen molar-refractivity contribution in [3.05, 3.63) is 53.7 Å². The molecule has 0 radical (unpaired) electrons. The largest absolute Gasteiger partial charge is 0.481 e. The van der Waals surface area contributed by atoms with Crippen LogP contribution in [0.1, 0.15) is 37.8 Å². The number of amides is 3. The van der Waals surface area contributed by atoms with Gasteiger partial charge in [0, 0.05) is 51.8 Å². The lowest BCUT2D eigenvalue weighted by molar-refractivity contribution is -0.152. The van der Waals surface area contributed by atoms with Gasteiger partial charge in [-0.25, -0.2) is 9.78 Å². The normalized spacial score (nSPS) is 17.6. The number of carboxylic acid groups (broad SMARTS) is 1. The van der Waals surface area contributed by atoms with Crippen molar-refractivity contribution >= 4 is 29.7 Å². The van der Waals surface area contributed by atoms with E-state index in [0.29, 0.717) is 63.3 Å². The van der Waals surface area contributed by atoms with E-state index in [1.807, 2.05) is 30.9 Å². The summed E-state index contributed by atoms with van der Waals surface area (Å²) >= 11 is 0. The quantitative estimate of drug-likeness (QED) is 0.567. The molecule has 2 aliphatic heterocycles. The Hall–Kier alpha value is -3.95. The van der Waals surface area contributed by atoms with Crippen LogP contribution in [-0.2, 0) is 27.2 Å². The molecule has 10 heteroatoms. The number of piperidine rings is 1. The van der Waals surface area contributed by atoms with Gasteiger partial charge in [0.1, 0.15) is 11.6 Å². The van der Waals surface area contributed by atoms with Crippen LogP contribution in [0.4, 0.5) is 10.6 Å². The standard InChI is InChI=1S/C27H32N4O6/c1-27(2)16-23(32)31(24(33)17-27)10-9-19-3-6-21(7-4-19)37-26(36)30-13-11-29(12-14-30)22-8-5-20(18-28-22)15-25(34)35/h3-8,18H,9-17H2,1-2H3,(H,34,35).